The SMILES string of the molecule is O=S(=O)(F)c1[nH]cc[n+]1S(=O)(=O)C(F)(F)F. The second kappa shape index (κ2) is 3.41. The zero-order valence-electron chi connectivity index (χ0n) is 7.06. The Morgan fingerprint density at radius 1 is 1.19 bits per heavy atom. The van der Waals surface area contributed by atoms with Crippen LogP contribution in [-0.4, -0.2) is 27.3 Å². The lowest BCUT2D eigenvalue weighted by Crippen LogP contribution is -2.52. The van der Waals surface area contributed by atoms with Crippen molar-refractivity contribution in [3.63, 3.8) is 0 Å². The first-order chi connectivity index (χ1) is 6.98. The van der Waals surface area contributed by atoms with Gasteiger partial charge in [-0.25, -0.2) is 4.98 Å². The summed E-state index contributed by atoms with van der Waals surface area (Å²) in [6, 6.07) is 0. The Morgan fingerprint density at radius 2 is 1.69 bits per heavy atom. The summed E-state index contributed by atoms with van der Waals surface area (Å²) in [6.07, 6.45) is 0.769. The molecule has 0 saturated carbocycles. The molecule has 0 aliphatic carbocycles. The Morgan fingerprint density at radius 3 is 2.06 bits per heavy atom. The number of halogens is 4. The molecule has 1 rings (SSSR count). The third-order valence-corrected chi connectivity index (χ3v) is 3.70. The number of nitrogens with one attached hydrogen (secondary N) is 1. The number of H-pyrrole nitrogens is 1. The molecular weight excluding hydrogens is 280 g/mol. The van der Waals surface area contributed by atoms with E-state index in [0.717, 1.165) is 0 Å². The molecule has 16 heavy (non-hydrogen) atoms. The normalized spacial score (nSPS) is 14.0. The van der Waals surface area contributed by atoms with Crippen molar-refractivity contribution in [1.29, 1.82) is 0 Å². The highest BCUT2D eigenvalue weighted by Gasteiger charge is 2.54. The summed E-state index contributed by atoms with van der Waals surface area (Å²) < 4.78 is 90.0. The molecule has 0 aromatic carbocycles. The average Bonchev–Trinajstić information content (AvgIpc) is 2.47. The first-order valence-corrected chi connectivity index (χ1v) is 6.16. The number of hydrogen-bond donors (Lipinski definition) is 1. The van der Waals surface area contributed by atoms with Gasteiger partial charge >= 0.3 is 30.9 Å². The molecule has 0 aliphatic rings. The molecule has 6 nitrogen and oxygen atoms in total. The maximum Gasteiger partial charge on any atom is 0.537 e. The van der Waals surface area contributed by atoms with Crippen LogP contribution in [0.5, 0.6) is 0 Å². The van der Waals surface area contributed by atoms with Crippen molar-refractivity contribution in [3.05, 3.63) is 12.4 Å². The van der Waals surface area contributed by atoms with E-state index in [0.29, 0.717) is 6.20 Å². The van der Waals surface area contributed by atoms with Crippen LogP contribution >= 0.6 is 0 Å². The van der Waals surface area contributed by atoms with Crippen LogP contribution in [0.15, 0.2) is 17.6 Å². The first kappa shape index (κ1) is 12.9. The van der Waals surface area contributed by atoms with Gasteiger partial charge in [0.1, 0.15) is 12.4 Å². The van der Waals surface area contributed by atoms with Gasteiger partial charge < -0.3 is 0 Å². The summed E-state index contributed by atoms with van der Waals surface area (Å²) in [4.78, 5) is 1.54. The van der Waals surface area contributed by atoms with Crippen LogP contribution in [0.1, 0.15) is 0 Å². The van der Waals surface area contributed by atoms with Crippen molar-refractivity contribution in [2.24, 2.45) is 0 Å². The monoisotopic (exact) mass is 283 g/mol. The molecular formula is C4H3F4N2O4S2+. The fourth-order valence-corrected chi connectivity index (χ4v) is 2.55. The molecule has 1 aromatic rings. The lowest BCUT2D eigenvalue weighted by Gasteiger charge is -2.03. The first-order valence-electron chi connectivity index (χ1n) is 3.33. The van der Waals surface area contributed by atoms with Gasteiger partial charge in [-0.3, -0.25) is 0 Å². The molecule has 0 fully saturated rings. The third kappa shape index (κ3) is 2.02. The summed E-state index contributed by atoms with van der Waals surface area (Å²) in [5.41, 5.74) is -5.74. The second-order valence-corrected chi connectivity index (χ2v) is 5.52. The van der Waals surface area contributed by atoms with Gasteiger partial charge in [0.15, 0.2) is 0 Å². The van der Waals surface area contributed by atoms with E-state index in [1.54, 1.807) is 4.98 Å². The smallest absolute Gasteiger partial charge is 0.230 e. The van der Waals surface area contributed by atoms with E-state index in [9.17, 15) is 33.9 Å². The summed E-state index contributed by atoms with van der Waals surface area (Å²) >= 11 is 0. The molecule has 0 amide bonds. The number of nitrogens with zero attached hydrogens (tertiary/aromatic N) is 1. The number of aromatic amines is 1. The molecule has 12 heteroatoms. The van der Waals surface area contributed by atoms with Gasteiger partial charge in [-0.05, 0) is 0 Å². The van der Waals surface area contributed by atoms with Crippen LogP contribution in [0.3, 0.4) is 0 Å². The minimum absolute atomic E-state index is 0.231. The predicted molar refractivity (Wildman–Crippen MR) is 39.7 cm³/mol. The third-order valence-electron chi connectivity index (χ3n) is 1.40. The molecule has 0 radical (unpaired) electrons. The maximum atomic E-state index is 12.4. The van der Waals surface area contributed by atoms with E-state index < -0.39 is 34.9 Å². The van der Waals surface area contributed by atoms with E-state index in [1.165, 1.54) is 0 Å². The van der Waals surface area contributed by atoms with E-state index in [2.05, 4.69) is 0 Å². The van der Waals surface area contributed by atoms with Crippen LogP contribution in [-0.2, 0) is 20.2 Å². The zero-order chi connectivity index (χ0) is 12.8. The van der Waals surface area contributed by atoms with E-state index in [-0.39, 0.29) is 6.20 Å². The van der Waals surface area contributed by atoms with Crippen LogP contribution in [0.25, 0.3) is 0 Å². The predicted octanol–water partition coefficient (Wildman–Crippen LogP) is -0.342. The van der Waals surface area contributed by atoms with E-state index in [4.69, 9.17) is 0 Å². The maximum absolute atomic E-state index is 12.4. The quantitative estimate of drug-likeness (QED) is 0.457. The average molecular weight is 283 g/mol. The summed E-state index contributed by atoms with van der Waals surface area (Å²) in [7, 11) is -11.6. The highest BCUT2D eigenvalue weighted by molar-refractivity contribution is 7.88. The lowest BCUT2D eigenvalue weighted by atomic mass is 11.0. The Hall–Kier alpha value is -1.17. The fraction of sp³-hybridized carbons (Fsp3) is 0.250. The van der Waals surface area contributed by atoms with Gasteiger partial charge in [-0.15, -0.1) is 0 Å². The molecule has 0 bridgehead atoms. The highest BCUT2D eigenvalue weighted by Crippen LogP contribution is 2.22. The van der Waals surface area contributed by atoms with E-state index >= 15 is 0 Å². The molecule has 92 valence electrons. The van der Waals surface area contributed by atoms with Crippen molar-refractivity contribution in [2.75, 3.05) is 0 Å². The van der Waals surface area contributed by atoms with Gasteiger partial charge in [0.25, 0.3) is 0 Å². The zero-order valence-corrected chi connectivity index (χ0v) is 8.70. The number of alkyl halides is 3. The van der Waals surface area contributed by atoms with Crippen molar-refractivity contribution in [3.8, 4) is 0 Å². The van der Waals surface area contributed by atoms with Crippen molar-refractivity contribution >= 4 is 20.2 Å². The largest absolute Gasteiger partial charge is 0.537 e. The van der Waals surface area contributed by atoms with Crippen molar-refractivity contribution < 1.29 is 37.9 Å². The Balaban J connectivity index is 3.56. The van der Waals surface area contributed by atoms with Crippen LogP contribution in [0.2, 0.25) is 0 Å². The summed E-state index contributed by atoms with van der Waals surface area (Å²) in [6.45, 7) is 0. The molecule has 1 heterocycles. The van der Waals surface area contributed by atoms with Gasteiger partial charge in [0, 0.05) is 0 Å². The standard InChI is InChI=1S/C4H2F4N2O4S2/c5-4(6,7)16(13,14)10-2-1-9-3(10)15(8,11)12/h1-2H/p+1. The summed E-state index contributed by atoms with van der Waals surface area (Å²) in [5, 5.41) is -1.72. The highest BCUT2D eigenvalue weighted by atomic mass is 32.3. The van der Waals surface area contributed by atoms with Crippen molar-refractivity contribution in [2.45, 2.75) is 10.7 Å². The number of imidazole rings is 1. The van der Waals surface area contributed by atoms with Crippen LogP contribution in [0.4, 0.5) is 17.1 Å². The van der Waals surface area contributed by atoms with Crippen LogP contribution in [0, 0.1) is 0 Å². The van der Waals surface area contributed by atoms with Gasteiger partial charge in [0.05, 0.1) is 0 Å². The molecule has 1 N–H and O–H groups in total. The minimum atomic E-state index is -5.98. The second-order valence-electron chi connectivity index (χ2n) is 2.45. The van der Waals surface area contributed by atoms with Gasteiger partial charge in [0.2, 0.25) is 0 Å². The van der Waals surface area contributed by atoms with Gasteiger partial charge in [-0.2, -0.15) is 30.0 Å². The lowest BCUT2D eigenvalue weighted by molar-refractivity contribution is -0.561. The number of rotatable bonds is 2. The van der Waals surface area contributed by atoms with E-state index in [1.807, 2.05) is 0 Å². The molecule has 0 unspecified atom stereocenters. The van der Waals surface area contributed by atoms with Crippen LogP contribution < -0.4 is 3.97 Å². The number of hydrogen-bond acceptors (Lipinski definition) is 4. The topological polar surface area (TPSA) is 87.9 Å². The molecule has 0 atom stereocenters. The fourth-order valence-electron chi connectivity index (χ4n) is 0.786. The minimum Gasteiger partial charge on any atom is -0.230 e. The molecule has 0 saturated heterocycles. The molecule has 1 aromatic heterocycles. The molecule has 0 aliphatic heterocycles. The van der Waals surface area contributed by atoms with Crippen molar-refractivity contribution in [1.82, 2.24) is 4.98 Å². The number of aromatic nitrogens is 2. The Labute approximate surface area is 86.8 Å². The Bertz CT molecular complexity index is 598. The molecule has 0 spiro atoms. The Kier molecular flexibility index (Phi) is 2.75. The van der Waals surface area contributed by atoms with Gasteiger partial charge in [-0.1, -0.05) is 7.86 Å². The summed E-state index contributed by atoms with van der Waals surface area (Å²) in [5.74, 6) is 0.